The number of benzene rings is 1. The molecule has 1 heteroatoms. The maximum absolute atomic E-state index is 9.08. The summed E-state index contributed by atoms with van der Waals surface area (Å²) in [5.41, 5.74) is 2.13. The number of hydrogen-bond acceptors (Lipinski definition) is 1. The van der Waals surface area contributed by atoms with Crippen LogP contribution < -0.4 is 0 Å². The first kappa shape index (κ1) is 9.83. The highest BCUT2D eigenvalue weighted by atomic mass is 16.3. The van der Waals surface area contributed by atoms with Gasteiger partial charge < -0.3 is 5.11 Å². The summed E-state index contributed by atoms with van der Waals surface area (Å²) >= 11 is 0. The van der Waals surface area contributed by atoms with Crippen LogP contribution in [0.5, 0.6) is 0 Å². The molecule has 1 nitrogen and oxygen atoms in total. The van der Waals surface area contributed by atoms with E-state index in [9.17, 15) is 0 Å². The van der Waals surface area contributed by atoms with E-state index in [0.29, 0.717) is 0 Å². The molecule has 0 fully saturated rings. The number of aliphatic hydroxyl groups excluding tert-OH is 1. The molecule has 68 valence electrons. The molecule has 13 heavy (non-hydrogen) atoms. The Morgan fingerprint density at radius 3 is 2.46 bits per heavy atom. The zero-order chi connectivity index (χ0) is 9.68. The Morgan fingerprint density at radius 1 is 1.38 bits per heavy atom. The molecule has 0 spiro atoms. The van der Waals surface area contributed by atoms with Gasteiger partial charge in [-0.25, -0.2) is 0 Å². The highest BCUT2D eigenvalue weighted by molar-refractivity contribution is 5.34. The molecule has 1 rings (SSSR count). The first-order valence-electron chi connectivity index (χ1n) is 4.46. The van der Waals surface area contributed by atoms with Crippen LogP contribution in [0.4, 0.5) is 0 Å². The molecule has 0 heterocycles. The van der Waals surface area contributed by atoms with Crippen LogP contribution in [-0.2, 0) is 6.42 Å². The fourth-order valence-corrected chi connectivity index (χ4v) is 1.14. The highest BCUT2D eigenvalue weighted by Crippen LogP contribution is 2.07. The second-order valence-electron chi connectivity index (χ2n) is 3.23. The molecule has 0 amide bonds. The van der Waals surface area contributed by atoms with Gasteiger partial charge in [0, 0.05) is 5.56 Å². The Kier molecular flexibility index (Phi) is 3.54. The minimum Gasteiger partial charge on any atom is -0.393 e. The standard InChI is InChI=1S/C12H14O/c1-3-11-6-8-12(9-7-11)5-4-10(2)13/h1,6-10,13H,4-5H2,2H3. The molecule has 0 aromatic heterocycles. The molecule has 0 aliphatic heterocycles. The van der Waals surface area contributed by atoms with E-state index in [-0.39, 0.29) is 6.10 Å². The van der Waals surface area contributed by atoms with E-state index in [1.165, 1.54) is 5.56 Å². The van der Waals surface area contributed by atoms with Crippen molar-refractivity contribution in [1.82, 2.24) is 0 Å². The van der Waals surface area contributed by atoms with Crippen molar-refractivity contribution >= 4 is 0 Å². The third kappa shape index (κ3) is 3.31. The lowest BCUT2D eigenvalue weighted by atomic mass is 10.1. The van der Waals surface area contributed by atoms with Crippen molar-refractivity contribution in [2.45, 2.75) is 25.9 Å². The predicted molar refractivity (Wildman–Crippen MR) is 54.4 cm³/mol. The van der Waals surface area contributed by atoms with Crippen molar-refractivity contribution in [3.05, 3.63) is 35.4 Å². The van der Waals surface area contributed by atoms with Gasteiger partial charge in [-0.1, -0.05) is 18.1 Å². The molecule has 0 saturated heterocycles. The topological polar surface area (TPSA) is 20.2 Å². The number of hydrogen-bond donors (Lipinski definition) is 1. The lowest BCUT2D eigenvalue weighted by Gasteiger charge is -2.03. The molecule has 1 aromatic carbocycles. The first-order valence-corrected chi connectivity index (χ1v) is 4.46. The maximum atomic E-state index is 9.08. The average molecular weight is 174 g/mol. The van der Waals surface area contributed by atoms with Gasteiger partial charge in [-0.15, -0.1) is 6.42 Å². The van der Waals surface area contributed by atoms with Crippen molar-refractivity contribution < 1.29 is 5.11 Å². The molecular weight excluding hydrogens is 160 g/mol. The van der Waals surface area contributed by atoms with Crippen LogP contribution in [0.2, 0.25) is 0 Å². The normalized spacial score (nSPS) is 12.1. The van der Waals surface area contributed by atoms with Crippen LogP contribution in [-0.4, -0.2) is 11.2 Å². The largest absolute Gasteiger partial charge is 0.393 e. The zero-order valence-electron chi connectivity index (χ0n) is 7.83. The molecule has 0 aliphatic rings. The van der Waals surface area contributed by atoms with Gasteiger partial charge in [-0.2, -0.15) is 0 Å². The van der Waals surface area contributed by atoms with Crippen LogP contribution in [0.15, 0.2) is 24.3 Å². The molecular formula is C12H14O. The first-order chi connectivity index (χ1) is 6.22. The van der Waals surface area contributed by atoms with Crippen LogP contribution >= 0.6 is 0 Å². The summed E-state index contributed by atoms with van der Waals surface area (Å²) in [4.78, 5) is 0. The second-order valence-corrected chi connectivity index (χ2v) is 3.23. The summed E-state index contributed by atoms with van der Waals surface area (Å²) in [6, 6.07) is 7.88. The minimum atomic E-state index is -0.229. The quantitative estimate of drug-likeness (QED) is 0.695. The monoisotopic (exact) mass is 174 g/mol. The van der Waals surface area contributed by atoms with Gasteiger partial charge in [0.15, 0.2) is 0 Å². The molecule has 0 aliphatic carbocycles. The summed E-state index contributed by atoms with van der Waals surface area (Å²) < 4.78 is 0. The number of terminal acetylenes is 1. The van der Waals surface area contributed by atoms with E-state index in [4.69, 9.17) is 11.5 Å². The van der Waals surface area contributed by atoms with Crippen LogP contribution in [0.3, 0.4) is 0 Å². The smallest absolute Gasteiger partial charge is 0.0515 e. The van der Waals surface area contributed by atoms with Gasteiger partial charge in [0.05, 0.1) is 6.10 Å². The Balaban J connectivity index is 2.55. The fraction of sp³-hybridized carbons (Fsp3) is 0.333. The van der Waals surface area contributed by atoms with E-state index in [2.05, 4.69) is 5.92 Å². The summed E-state index contributed by atoms with van der Waals surface area (Å²) in [5.74, 6) is 2.57. The SMILES string of the molecule is C#Cc1ccc(CCC(C)O)cc1. The van der Waals surface area contributed by atoms with E-state index < -0.39 is 0 Å². The summed E-state index contributed by atoms with van der Waals surface area (Å²) in [5, 5.41) is 9.08. The van der Waals surface area contributed by atoms with Gasteiger partial charge in [-0.05, 0) is 37.5 Å². The summed E-state index contributed by atoms with van der Waals surface area (Å²) in [6.45, 7) is 1.80. The molecule has 1 unspecified atom stereocenters. The van der Waals surface area contributed by atoms with Crippen LogP contribution in [0.1, 0.15) is 24.5 Å². The molecule has 1 atom stereocenters. The van der Waals surface area contributed by atoms with Crippen LogP contribution in [0.25, 0.3) is 0 Å². The predicted octanol–water partition coefficient (Wildman–Crippen LogP) is 1.98. The Bertz CT molecular complexity index is 290. The average Bonchev–Trinajstić information content (AvgIpc) is 2.15. The van der Waals surface area contributed by atoms with Gasteiger partial charge in [0.1, 0.15) is 0 Å². The van der Waals surface area contributed by atoms with E-state index >= 15 is 0 Å². The van der Waals surface area contributed by atoms with E-state index in [1.54, 1.807) is 6.92 Å². The Morgan fingerprint density at radius 2 is 2.00 bits per heavy atom. The van der Waals surface area contributed by atoms with Gasteiger partial charge in [0.25, 0.3) is 0 Å². The van der Waals surface area contributed by atoms with Crippen LogP contribution in [0, 0.1) is 12.3 Å². The molecule has 1 N–H and O–H groups in total. The number of aryl methyl sites for hydroxylation is 1. The van der Waals surface area contributed by atoms with Crippen molar-refractivity contribution in [2.24, 2.45) is 0 Å². The van der Waals surface area contributed by atoms with Crippen molar-refractivity contribution in [3.8, 4) is 12.3 Å². The van der Waals surface area contributed by atoms with Gasteiger partial charge in [0.2, 0.25) is 0 Å². The fourth-order valence-electron chi connectivity index (χ4n) is 1.14. The minimum absolute atomic E-state index is 0.229. The lowest BCUT2D eigenvalue weighted by molar-refractivity contribution is 0.185. The van der Waals surface area contributed by atoms with Crippen molar-refractivity contribution in [2.75, 3.05) is 0 Å². The molecule has 0 saturated carbocycles. The third-order valence-corrected chi connectivity index (χ3v) is 1.97. The molecule has 0 bridgehead atoms. The molecule has 0 radical (unpaired) electrons. The summed E-state index contributed by atoms with van der Waals surface area (Å²) in [7, 11) is 0. The lowest BCUT2D eigenvalue weighted by Crippen LogP contribution is -2.01. The van der Waals surface area contributed by atoms with E-state index in [1.807, 2.05) is 24.3 Å². The zero-order valence-corrected chi connectivity index (χ0v) is 7.83. The Hall–Kier alpha value is -1.26. The molecule has 1 aromatic rings. The van der Waals surface area contributed by atoms with Gasteiger partial charge >= 0.3 is 0 Å². The highest BCUT2D eigenvalue weighted by Gasteiger charge is 1.97. The van der Waals surface area contributed by atoms with E-state index in [0.717, 1.165) is 18.4 Å². The Labute approximate surface area is 79.4 Å². The number of rotatable bonds is 3. The second kappa shape index (κ2) is 4.69. The van der Waals surface area contributed by atoms with Crippen molar-refractivity contribution in [3.63, 3.8) is 0 Å². The maximum Gasteiger partial charge on any atom is 0.0515 e. The summed E-state index contributed by atoms with van der Waals surface area (Å²) in [6.07, 6.45) is 6.71. The number of aliphatic hydroxyl groups is 1. The van der Waals surface area contributed by atoms with Crippen molar-refractivity contribution in [1.29, 1.82) is 0 Å². The third-order valence-electron chi connectivity index (χ3n) is 1.97. The van der Waals surface area contributed by atoms with Gasteiger partial charge in [-0.3, -0.25) is 0 Å².